The molecule has 2 N–H and O–H groups in total. The van der Waals surface area contributed by atoms with Crippen LogP contribution in [0.3, 0.4) is 0 Å². The van der Waals surface area contributed by atoms with Crippen LogP contribution in [-0.2, 0) is 19.6 Å². The van der Waals surface area contributed by atoms with E-state index in [2.05, 4.69) is 10.2 Å². The highest BCUT2D eigenvalue weighted by molar-refractivity contribution is 7.89. The van der Waals surface area contributed by atoms with Crippen LogP contribution in [0.25, 0.3) is 0 Å². The largest absolute Gasteiger partial charge is 0.385 e. The van der Waals surface area contributed by atoms with E-state index in [9.17, 15) is 18.3 Å². The zero-order valence-corrected chi connectivity index (χ0v) is 20.3. The summed E-state index contributed by atoms with van der Waals surface area (Å²) in [6.07, 6.45) is 6.83. The van der Waals surface area contributed by atoms with E-state index in [0.717, 1.165) is 18.7 Å². The van der Waals surface area contributed by atoms with Gasteiger partial charge in [-0.3, -0.25) is 9.69 Å². The van der Waals surface area contributed by atoms with Gasteiger partial charge in [0, 0.05) is 45.5 Å². The van der Waals surface area contributed by atoms with Crippen LogP contribution in [-0.4, -0.2) is 105 Å². The number of carbonyl (C=O) groups excluding carboxylic acids is 1. The predicted octanol–water partition coefficient (Wildman–Crippen LogP) is 0.406. The SMILES string of the molecule is O=C(COCCN1CCN(S(=O)(=O)c2ccccc2)CC1)N1C=CC(C2(O)CCNCC2)=CC1. The van der Waals surface area contributed by atoms with Gasteiger partial charge in [0.05, 0.1) is 17.1 Å². The first kappa shape index (κ1) is 25.0. The second kappa shape index (κ2) is 11.1. The molecule has 186 valence electrons. The Kier molecular flexibility index (Phi) is 8.18. The lowest BCUT2D eigenvalue weighted by Gasteiger charge is -2.35. The van der Waals surface area contributed by atoms with Crippen LogP contribution in [0.1, 0.15) is 12.8 Å². The minimum absolute atomic E-state index is 0.00987. The summed E-state index contributed by atoms with van der Waals surface area (Å²) in [6, 6.07) is 8.51. The van der Waals surface area contributed by atoms with Crippen LogP contribution in [0.5, 0.6) is 0 Å². The summed E-state index contributed by atoms with van der Waals surface area (Å²) in [5.74, 6) is -0.123. The van der Waals surface area contributed by atoms with E-state index in [1.807, 2.05) is 12.2 Å². The Bertz CT molecular complexity index is 997. The smallest absolute Gasteiger partial charge is 0.252 e. The fourth-order valence-corrected chi connectivity index (χ4v) is 5.97. The van der Waals surface area contributed by atoms with Crippen LogP contribution in [0, 0.1) is 0 Å². The molecule has 10 heteroatoms. The topological polar surface area (TPSA) is 102 Å². The van der Waals surface area contributed by atoms with Gasteiger partial charge in [0.1, 0.15) is 6.61 Å². The average Bonchev–Trinajstić information content (AvgIpc) is 2.88. The molecule has 2 saturated heterocycles. The van der Waals surface area contributed by atoms with Crippen molar-refractivity contribution in [3.63, 3.8) is 0 Å². The Morgan fingerprint density at radius 3 is 2.44 bits per heavy atom. The van der Waals surface area contributed by atoms with Crippen molar-refractivity contribution >= 4 is 15.9 Å². The van der Waals surface area contributed by atoms with Gasteiger partial charge in [-0.2, -0.15) is 4.31 Å². The standard InChI is InChI=1S/C24H34N4O5S/c29-23(27-12-6-21(7-13-27)24(30)8-10-25-11-9-24)20-33-19-18-26-14-16-28(17-15-26)34(31,32)22-4-2-1-3-5-22/h1-7,12,25,30H,8-11,13-20H2. The molecule has 34 heavy (non-hydrogen) atoms. The van der Waals surface area contributed by atoms with E-state index in [-0.39, 0.29) is 12.5 Å². The van der Waals surface area contributed by atoms with Gasteiger partial charge in [0.15, 0.2) is 0 Å². The number of piperidine rings is 1. The van der Waals surface area contributed by atoms with Crippen molar-refractivity contribution in [1.82, 2.24) is 19.4 Å². The number of amides is 1. The van der Waals surface area contributed by atoms with Crippen molar-refractivity contribution < 1.29 is 23.1 Å². The number of hydrogen-bond acceptors (Lipinski definition) is 7. The van der Waals surface area contributed by atoms with Gasteiger partial charge in [-0.25, -0.2) is 8.42 Å². The third-order valence-electron chi connectivity index (χ3n) is 6.72. The van der Waals surface area contributed by atoms with Crippen LogP contribution in [0.2, 0.25) is 0 Å². The fourth-order valence-electron chi connectivity index (χ4n) is 4.53. The number of aliphatic hydroxyl groups is 1. The molecule has 9 nitrogen and oxygen atoms in total. The number of carbonyl (C=O) groups is 1. The summed E-state index contributed by atoms with van der Waals surface area (Å²) in [5, 5.41) is 14.1. The number of nitrogens with one attached hydrogen (secondary N) is 1. The lowest BCUT2D eigenvalue weighted by atomic mass is 9.83. The number of piperazine rings is 1. The molecular formula is C24H34N4O5S. The molecule has 0 radical (unpaired) electrons. The normalized spacial score (nSPS) is 21.9. The van der Waals surface area contributed by atoms with Gasteiger partial charge in [-0.1, -0.05) is 24.3 Å². The molecule has 0 aromatic heterocycles. The molecular weight excluding hydrogens is 456 g/mol. The number of sulfonamides is 1. The molecule has 0 saturated carbocycles. The second-order valence-corrected chi connectivity index (χ2v) is 10.9. The Labute approximate surface area is 201 Å². The number of ether oxygens (including phenoxy) is 1. The van der Waals surface area contributed by atoms with Gasteiger partial charge in [-0.15, -0.1) is 0 Å². The van der Waals surface area contributed by atoms with E-state index in [4.69, 9.17) is 4.74 Å². The summed E-state index contributed by atoms with van der Waals surface area (Å²) < 4.78 is 32.6. The monoisotopic (exact) mass is 490 g/mol. The Morgan fingerprint density at radius 2 is 1.79 bits per heavy atom. The summed E-state index contributed by atoms with van der Waals surface area (Å²) in [4.78, 5) is 16.5. The van der Waals surface area contributed by atoms with Crippen molar-refractivity contribution in [2.24, 2.45) is 0 Å². The summed E-state index contributed by atoms with van der Waals surface area (Å²) >= 11 is 0. The molecule has 4 rings (SSSR count). The molecule has 3 aliphatic heterocycles. The molecule has 1 aromatic rings. The molecule has 0 bridgehead atoms. The van der Waals surface area contributed by atoms with Crippen LogP contribution in [0.15, 0.2) is 59.2 Å². The molecule has 0 spiro atoms. The maximum atomic E-state index is 12.7. The van der Waals surface area contributed by atoms with Gasteiger partial charge in [-0.05, 0) is 49.7 Å². The van der Waals surface area contributed by atoms with E-state index < -0.39 is 15.6 Å². The predicted molar refractivity (Wildman–Crippen MR) is 128 cm³/mol. The molecule has 3 heterocycles. The minimum Gasteiger partial charge on any atom is -0.385 e. The number of benzene rings is 1. The van der Waals surface area contributed by atoms with Crippen LogP contribution < -0.4 is 5.32 Å². The highest BCUT2D eigenvalue weighted by Gasteiger charge is 2.33. The summed E-state index contributed by atoms with van der Waals surface area (Å²) in [6.45, 7) is 5.18. The van der Waals surface area contributed by atoms with E-state index in [1.54, 1.807) is 41.4 Å². The average molecular weight is 491 g/mol. The molecule has 1 aromatic carbocycles. The zero-order chi connectivity index (χ0) is 24.0. The van der Waals surface area contributed by atoms with Gasteiger partial charge < -0.3 is 20.1 Å². The minimum atomic E-state index is -3.45. The Morgan fingerprint density at radius 1 is 1.09 bits per heavy atom. The van der Waals surface area contributed by atoms with Crippen molar-refractivity contribution in [2.45, 2.75) is 23.3 Å². The van der Waals surface area contributed by atoms with Crippen LogP contribution >= 0.6 is 0 Å². The third kappa shape index (κ3) is 5.94. The first-order valence-electron chi connectivity index (χ1n) is 11.9. The molecule has 3 aliphatic rings. The van der Waals surface area contributed by atoms with Crippen molar-refractivity contribution in [1.29, 1.82) is 0 Å². The summed E-state index contributed by atoms with van der Waals surface area (Å²) in [5.41, 5.74) is 0.0741. The second-order valence-electron chi connectivity index (χ2n) is 8.91. The third-order valence-corrected chi connectivity index (χ3v) is 8.63. The Hall–Kier alpha value is -2.08. The maximum absolute atomic E-state index is 12.7. The number of rotatable bonds is 8. The van der Waals surface area contributed by atoms with E-state index in [1.165, 1.54) is 4.31 Å². The molecule has 1 amide bonds. The molecule has 0 unspecified atom stereocenters. The Balaban J connectivity index is 1.14. The van der Waals surface area contributed by atoms with Gasteiger partial charge in [0.25, 0.3) is 5.91 Å². The fraction of sp³-hybridized carbons (Fsp3) is 0.542. The van der Waals surface area contributed by atoms with Gasteiger partial charge >= 0.3 is 0 Å². The lowest BCUT2D eigenvalue weighted by Crippen LogP contribution is -2.49. The zero-order valence-electron chi connectivity index (χ0n) is 19.4. The molecule has 0 atom stereocenters. The highest BCUT2D eigenvalue weighted by Crippen LogP contribution is 2.29. The lowest BCUT2D eigenvalue weighted by molar-refractivity contribution is -0.133. The summed E-state index contributed by atoms with van der Waals surface area (Å²) in [7, 11) is -3.45. The number of nitrogens with zero attached hydrogens (tertiary/aromatic N) is 3. The van der Waals surface area contributed by atoms with Crippen molar-refractivity contribution in [2.75, 3.05) is 65.6 Å². The van der Waals surface area contributed by atoms with Gasteiger partial charge in [0.2, 0.25) is 10.0 Å². The first-order valence-corrected chi connectivity index (χ1v) is 13.3. The molecule has 2 fully saturated rings. The number of hydrogen-bond donors (Lipinski definition) is 2. The maximum Gasteiger partial charge on any atom is 0.252 e. The highest BCUT2D eigenvalue weighted by atomic mass is 32.2. The van der Waals surface area contributed by atoms with E-state index >= 15 is 0 Å². The van der Waals surface area contributed by atoms with Crippen molar-refractivity contribution in [3.05, 3.63) is 54.3 Å². The molecule has 0 aliphatic carbocycles. The van der Waals surface area contributed by atoms with Crippen molar-refractivity contribution in [3.8, 4) is 0 Å². The first-order chi connectivity index (χ1) is 16.4. The van der Waals surface area contributed by atoms with E-state index in [0.29, 0.717) is 63.6 Å². The quantitative estimate of drug-likeness (QED) is 0.509. The van der Waals surface area contributed by atoms with Crippen LogP contribution in [0.4, 0.5) is 0 Å².